The van der Waals surface area contributed by atoms with Crippen LogP contribution >= 0.6 is 0 Å². The van der Waals surface area contributed by atoms with E-state index in [0.29, 0.717) is 12.8 Å². The van der Waals surface area contributed by atoms with Crippen molar-refractivity contribution in [2.24, 2.45) is 0 Å². The summed E-state index contributed by atoms with van der Waals surface area (Å²) < 4.78 is 5.11. The highest BCUT2D eigenvalue weighted by molar-refractivity contribution is 5.25. The summed E-state index contributed by atoms with van der Waals surface area (Å²) in [4.78, 5) is 4.76. The third-order valence-electron chi connectivity index (χ3n) is 3.23. The molecule has 1 aromatic carbocycles. The van der Waals surface area contributed by atoms with E-state index in [0.717, 1.165) is 13.1 Å². The molecule has 1 aliphatic rings. The first-order valence-corrected chi connectivity index (χ1v) is 5.70. The van der Waals surface area contributed by atoms with Crippen LogP contribution in [0.4, 0.5) is 0 Å². The molecule has 0 saturated carbocycles. The average Bonchev–Trinajstić information content (AvgIpc) is 2.61. The Kier molecular flexibility index (Phi) is 3.59. The molecule has 3 heteroatoms. The number of hydrogen-bond acceptors (Lipinski definition) is 3. The van der Waals surface area contributed by atoms with Crippen molar-refractivity contribution in [3.63, 3.8) is 0 Å². The lowest BCUT2D eigenvalue weighted by molar-refractivity contribution is 0.183. The van der Waals surface area contributed by atoms with Gasteiger partial charge in [-0.15, -0.1) is 0 Å². The minimum atomic E-state index is 0.427. The largest absolute Gasteiger partial charge is 0.380 e. The molecule has 2 rings (SSSR count). The highest BCUT2D eigenvalue weighted by Crippen LogP contribution is 2.26. The van der Waals surface area contributed by atoms with Gasteiger partial charge in [-0.3, -0.25) is 9.80 Å². The molecule has 0 radical (unpaired) electrons. The molecule has 1 heterocycles. The zero-order valence-electron chi connectivity index (χ0n) is 10.3. The monoisotopic (exact) mass is 220 g/mol. The van der Waals surface area contributed by atoms with E-state index in [2.05, 4.69) is 48.2 Å². The molecular weight excluding hydrogens is 200 g/mol. The number of ether oxygens (including phenoxy) is 1. The average molecular weight is 220 g/mol. The molecule has 1 saturated heterocycles. The summed E-state index contributed by atoms with van der Waals surface area (Å²) in [7, 11) is 6.08. The fourth-order valence-corrected chi connectivity index (χ4v) is 2.36. The second-order valence-corrected chi connectivity index (χ2v) is 4.51. The topological polar surface area (TPSA) is 15.7 Å². The third-order valence-corrected chi connectivity index (χ3v) is 3.23. The fraction of sp³-hybridized carbons (Fsp3) is 0.538. The number of nitrogens with zero attached hydrogens (tertiary/aromatic N) is 2. The van der Waals surface area contributed by atoms with E-state index in [9.17, 15) is 0 Å². The van der Waals surface area contributed by atoms with Gasteiger partial charge in [0.1, 0.15) is 0 Å². The molecule has 0 aromatic heterocycles. The Hall–Kier alpha value is -0.900. The highest BCUT2D eigenvalue weighted by Gasteiger charge is 2.27. The van der Waals surface area contributed by atoms with Crippen LogP contribution in [-0.2, 0) is 11.3 Å². The molecule has 0 atom stereocenters. The van der Waals surface area contributed by atoms with Crippen molar-refractivity contribution < 1.29 is 4.74 Å². The zero-order chi connectivity index (χ0) is 11.5. The Morgan fingerprint density at radius 3 is 2.19 bits per heavy atom. The minimum Gasteiger partial charge on any atom is -0.380 e. The van der Waals surface area contributed by atoms with Gasteiger partial charge in [0.25, 0.3) is 0 Å². The van der Waals surface area contributed by atoms with Crippen molar-refractivity contribution in [1.29, 1.82) is 0 Å². The lowest BCUT2D eigenvalue weighted by Gasteiger charge is -2.25. The van der Waals surface area contributed by atoms with Crippen LogP contribution in [0, 0.1) is 0 Å². The maximum Gasteiger partial charge on any atom is 0.0882 e. The van der Waals surface area contributed by atoms with Crippen LogP contribution in [0.15, 0.2) is 24.3 Å². The molecule has 0 N–H and O–H groups in total. The maximum atomic E-state index is 5.11. The quantitative estimate of drug-likeness (QED) is 0.771. The Labute approximate surface area is 97.6 Å². The van der Waals surface area contributed by atoms with Gasteiger partial charge in [-0.25, -0.2) is 0 Å². The van der Waals surface area contributed by atoms with Gasteiger partial charge < -0.3 is 4.74 Å². The maximum absolute atomic E-state index is 5.11. The van der Waals surface area contributed by atoms with Gasteiger partial charge in [0.2, 0.25) is 0 Å². The van der Waals surface area contributed by atoms with Gasteiger partial charge in [-0.1, -0.05) is 24.3 Å². The second-order valence-electron chi connectivity index (χ2n) is 4.51. The standard InChI is InChI=1S/C13H20N2O/c1-14-8-9-15(2)13(14)12-6-4-11(5-7-12)10-16-3/h4-7,13H,8-10H2,1-3H3. The number of hydrogen-bond donors (Lipinski definition) is 0. The number of methoxy groups -OCH3 is 1. The molecule has 1 aromatic rings. The number of benzene rings is 1. The first kappa shape index (κ1) is 11.6. The first-order chi connectivity index (χ1) is 7.72. The van der Waals surface area contributed by atoms with E-state index in [4.69, 9.17) is 4.74 Å². The molecule has 0 aliphatic carbocycles. The van der Waals surface area contributed by atoms with E-state index in [-0.39, 0.29) is 0 Å². The highest BCUT2D eigenvalue weighted by atomic mass is 16.5. The Balaban J connectivity index is 2.14. The molecule has 88 valence electrons. The summed E-state index contributed by atoms with van der Waals surface area (Å²) in [6, 6.07) is 8.71. The number of rotatable bonds is 3. The summed E-state index contributed by atoms with van der Waals surface area (Å²) in [5.41, 5.74) is 2.59. The predicted octanol–water partition coefficient (Wildman–Crippen LogP) is 1.71. The van der Waals surface area contributed by atoms with Crippen LogP contribution in [-0.4, -0.2) is 44.1 Å². The molecule has 0 bridgehead atoms. The fourth-order valence-electron chi connectivity index (χ4n) is 2.36. The van der Waals surface area contributed by atoms with Crippen LogP contribution in [0.1, 0.15) is 17.3 Å². The Morgan fingerprint density at radius 2 is 1.69 bits per heavy atom. The van der Waals surface area contributed by atoms with E-state index in [1.54, 1.807) is 7.11 Å². The smallest absolute Gasteiger partial charge is 0.0882 e. The Morgan fingerprint density at radius 1 is 1.12 bits per heavy atom. The summed E-state index contributed by atoms with van der Waals surface area (Å²) >= 11 is 0. The van der Waals surface area contributed by atoms with E-state index >= 15 is 0 Å². The second kappa shape index (κ2) is 4.95. The van der Waals surface area contributed by atoms with Gasteiger partial charge in [0.05, 0.1) is 12.8 Å². The lowest BCUT2D eigenvalue weighted by Crippen LogP contribution is -2.25. The van der Waals surface area contributed by atoms with Crippen molar-refractivity contribution in [1.82, 2.24) is 9.80 Å². The predicted molar refractivity (Wildman–Crippen MR) is 65.2 cm³/mol. The molecule has 0 unspecified atom stereocenters. The molecule has 1 aliphatic heterocycles. The summed E-state index contributed by atoms with van der Waals surface area (Å²) in [5.74, 6) is 0. The number of likely N-dealkylation sites (N-methyl/N-ethyl adjacent to an activating group) is 2. The SMILES string of the molecule is COCc1ccc(C2N(C)CCN2C)cc1. The van der Waals surface area contributed by atoms with Crippen molar-refractivity contribution in [3.05, 3.63) is 35.4 Å². The van der Waals surface area contributed by atoms with Crippen LogP contribution in [0.25, 0.3) is 0 Å². The third kappa shape index (κ3) is 2.26. The Bertz CT molecular complexity index is 326. The van der Waals surface area contributed by atoms with E-state index in [1.165, 1.54) is 11.1 Å². The van der Waals surface area contributed by atoms with Gasteiger partial charge in [-0.05, 0) is 25.2 Å². The zero-order valence-corrected chi connectivity index (χ0v) is 10.3. The molecule has 0 amide bonds. The summed E-state index contributed by atoms with van der Waals surface area (Å²) in [5, 5.41) is 0. The van der Waals surface area contributed by atoms with E-state index < -0.39 is 0 Å². The van der Waals surface area contributed by atoms with Gasteiger partial charge in [0.15, 0.2) is 0 Å². The normalized spacial score (nSPS) is 19.4. The molecule has 0 spiro atoms. The van der Waals surface area contributed by atoms with Crippen LogP contribution < -0.4 is 0 Å². The van der Waals surface area contributed by atoms with Crippen LogP contribution in [0.2, 0.25) is 0 Å². The van der Waals surface area contributed by atoms with E-state index in [1.807, 2.05) is 0 Å². The van der Waals surface area contributed by atoms with Crippen LogP contribution in [0.5, 0.6) is 0 Å². The first-order valence-electron chi connectivity index (χ1n) is 5.70. The molecule has 1 fully saturated rings. The molecule has 3 nitrogen and oxygen atoms in total. The molecule has 16 heavy (non-hydrogen) atoms. The van der Waals surface area contributed by atoms with Crippen molar-refractivity contribution in [2.75, 3.05) is 34.3 Å². The molecular formula is C13H20N2O. The van der Waals surface area contributed by atoms with Crippen molar-refractivity contribution in [2.45, 2.75) is 12.8 Å². The van der Waals surface area contributed by atoms with Gasteiger partial charge in [-0.2, -0.15) is 0 Å². The van der Waals surface area contributed by atoms with Crippen molar-refractivity contribution in [3.8, 4) is 0 Å². The van der Waals surface area contributed by atoms with Crippen LogP contribution in [0.3, 0.4) is 0 Å². The lowest BCUT2D eigenvalue weighted by atomic mass is 10.1. The summed E-state index contributed by atoms with van der Waals surface area (Å²) in [6.07, 6.45) is 0.427. The van der Waals surface area contributed by atoms with Crippen molar-refractivity contribution >= 4 is 0 Å². The van der Waals surface area contributed by atoms with Gasteiger partial charge >= 0.3 is 0 Å². The summed E-state index contributed by atoms with van der Waals surface area (Å²) in [6.45, 7) is 2.97. The minimum absolute atomic E-state index is 0.427. The van der Waals surface area contributed by atoms with Gasteiger partial charge in [0, 0.05) is 20.2 Å².